The Labute approximate surface area is 113 Å². The summed E-state index contributed by atoms with van der Waals surface area (Å²) in [6, 6.07) is 0. The molecule has 4 atom stereocenters. The molecule has 18 heavy (non-hydrogen) atoms. The number of carbonyl (C=O) groups is 3. The number of rotatable bonds is 1. The smallest absolute Gasteiger partial charge is 0.355 e. The van der Waals surface area contributed by atoms with Gasteiger partial charge >= 0.3 is 20.0 Å². The third-order valence-corrected chi connectivity index (χ3v) is 5.51. The summed E-state index contributed by atoms with van der Waals surface area (Å²) >= 11 is 7.37. The van der Waals surface area contributed by atoms with Crippen molar-refractivity contribution in [2.45, 2.75) is 22.9 Å². The number of nitrogens with zero attached hydrogens (tertiary/aromatic N) is 1. The second-order valence-corrected chi connectivity index (χ2v) is 6.02. The number of esters is 1. The van der Waals surface area contributed by atoms with Crippen molar-refractivity contribution < 1.29 is 23.8 Å². The van der Waals surface area contributed by atoms with E-state index in [1.807, 2.05) is 0 Å². The van der Waals surface area contributed by atoms with E-state index in [-0.39, 0.29) is 23.6 Å². The molecule has 0 N–H and O–H groups in total. The van der Waals surface area contributed by atoms with Crippen molar-refractivity contribution in [3.8, 4) is 0 Å². The van der Waals surface area contributed by atoms with Crippen LogP contribution < -0.4 is 0 Å². The number of β-lactam (4-membered cyclic amide) rings is 1. The maximum absolute atomic E-state index is 12.0. The zero-order valence-corrected chi connectivity index (χ0v) is 11.0. The molecule has 3 aliphatic rings. The average Bonchev–Trinajstić information content (AvgIpc) is 2.71. The molecule has 1 amide bonds. The summed E-state index contributed by atoms with van der Waals surface area (Å²) < 4.78 is 9.89. The molecule has 0 saturated carbocycles. The summed E-state index contributed by atoms with van der Waals surface area (Å²) in [4.78, 5) is 36.6. The van der Waals surface area contributed by atoms with Gasteiger partial charge in [-0.25, -0.2) is 4.79 Å². The molecule has 0 bridgehead atoms. The van der Waals surface area contributed by atoms with E-state index in [1.54, 1.807) is 0 Å². The van der Waals surface area contributed by atoms with Crippen LogP contribution in [-0.4, -0.2) is 53.0 Å². The Hall–Kier alpha value is -0.885. The number of halogens is 1. The Bertz CT molecular complexity index is 462. The molecule has 3 fully saturated rings. The molecule has 3 rings (SSSR count). The number of carbonyl (C=O) groups excluding carboxylic acids is 3. The molecule has 0 aromatic carbocycles. The number of amides is 1. The maximum atomic E-state index is 12.0. The molecule has 0 unspecified atom stereocenters. The van der Waals surface area contributed by atoms with Crippen LogP contribution in [0, 0.1) is 5.92 Å². The third-order valence-electron chi connectivity index (χ3n) is 3.52. The van der Waals surface area contributed by atoms with Crippen molar-refractivity contribution in [3.63, 3.8) is 0 Å². The number of ether oxygens (including phenoxy) is 1. The van der Waals surface area contributed by atoms with Gasteiger partial charge in [-0.1, -0.05) is 0 Å². The van der Waals surface area contributed by atoms with Crippen LogP contribution in [-0.2, 0) is 23.8 Å². The highest BCUT2D eigenvalue weighted by Crippen LogP contribution is 2.52. The number of alkyl halides is 1. The lowest BCUT2D eigenvalue weighted by Gasteiger charge is -2.55. The van der Waals surface area contributed by atoms with Crippen molar-refractivity contribution in [2.75, 3.05) is 5.75 Å². The number of fused-ring (bicyclic) bond motifs is 3. The first-order chi connectivity index (χ1) is 8.52. The van der Waals surface area contributed by atoms with E-state index in [2.05, 4.69) is 0 Å². The molecule has 3 aliphatic heterocycles. The Morgan fingerprint density at radius 1 is 1.61 bits per heavy atom. The fourth-order valence-corrected chi connectivity index (χ4v) is 4.57. The van der Waals surface area contributed by atoms with Crippen LogP contribution in [0.4, 0.5) is 0 Å². The number of hydrogen-bond acceptors (Lipinski definition) is 6. The lowest BCUT2D eigenvalue weighted by Crippen LogP contribution is -2.76. The molecular formula is C9H9BClNO5S. The minimum absolute atomic E-state index is 0.117. The van der Waals surface area contributed by atoms with E-state index >= 15 is 0 Å². The monoisotopic (exact) mass is 289 g/mol. The standard InChI is InChI=1S/C9H9BClNO5S/c10-17-8(15)9-3(1-4(13)16-9)2-18-7-5(11)6(14)12(7)9/h3,5,7H,1-2,10H2/t3-,5+,7+,9+/m0/s1. The zero-order chi connectivity index (χ0) is 13.1. The fourth-order valence-electron chi connectivity index (χ4n) is 2.66. The van der Waals surface area contributed by atoms with Gasteiger partial charge in [-0.2, -0.15) is 0 Å². The molecule has 9 heteroatoms. The molecule has 0 aliphatic carbocycles. The van der Waals surface area contributed by atoms with Gasteiger partial charge in [0.25, 0.3) is 5.72 Å². The first kappa shape index (κ1) is 12.2. The maximum Gasteiger partial charge on any atom is 0.355 e. The molecule has 3 heterocycles. The second kappa shape index (κ2) is 3.80. The van der Waals surface area contributed by atoms with Gasteiger partial charge in [0.15, 0.2) is 0 Å². The number of hydrogen-bond donors (Lipinski definition) is 0. The molecule has 3 saturated heterocycles. The van der Waals surface area contributed by atoms with Crippen LogP contribution in [0.3, 0.4) is 0 Å². The van der Waals surface area contributed by atoms with Gasteiger partial charge in [0, 0.05) is 11.7 Å². The summed E-state index contributed by atoms with van der Waals surface area (Å²) in [5, 5.41) is -1.00. The Kier molecular flexibility index (Phi) is 2.57. The Balaban J connectivity index is 2.04. The van der Waals surface area contributed by atoms with Gasteiger partial charge in [0.05, 0.1) is 6.42 Å². The zero-order valence-electron chi connectivity index (χ0n) is 9.42. The van der Waals surface area contributed by atoms with Crippen LogP contribution in [0.5, 0.6) is 0 Å². The van der Waals surface area contributed by atoms with E-state index in [1.165, 1.54) is 24.7 Å². The van der Waals surface area contributed by atoms with Crippen molar-refractivity contribution in [1.29, 1.82) is 0 Å². The van der Waals surface area contributed by atoms with Crippen molar-refractivity contribution in [2.24, 2.45) is 5.92 Å². The van der Waals surface area contributed by atoms with Crippen LogP contribution in [0.2, 0.25) is 0 Å². The van der Waals surface area contributed by atoms with E-state index in [0.717, 1.165) is 0 Å². The van der Waals surface area contributed by atoms with Crippen molar-refractivity contribution in [1.82, 2.24) is 4.90 Å². The summed E-state index contributed by atoms with van der Waals surface area (Å²) in [7, 11) is 1.21. The first-order valence-corrected chi connectivity index (χ1v) is 6.90. The molecule has 0 spiro atoms. The Morgan fingerprint density at radius 2 is 2.33 bits per heavy atom. The highest BCUT2D eigenvalue weighted by molar-refractivity contribution is 8.00. The first-order valence-electron chi connectivity index (χ1n) is 5.41. The number of thioether (sulfide) groups is 1. The van der Waals surface area contributed by atoms with Gasteiger partial charge in [0.2, 0.25) is 5.91 Å². The molecule has 96 valence electrons. The van der Waals surface area contributed by atoms with E-state index < -0.39 is 23.0 Å². The topological polar surface area (TPSA) is 72.9 Å². The molecule has 0 aromatic heterocycles. The van der Waals surface area contributed by atoms with Crippen LogP contribution >= 0.6 is 23.4 Å². The van der Waals surface area contributed by atoms with Crippen molar-refractivity contribution in [3.05, 3.63) is 0 Å². The predicted octanol–water partition coefficient (Wildman–Crippen LogP) is -1.14. The highest BCUT2D eigenvalue weighted by atomic mass is 35.5. The molecule has 6 nitrogen and oxygen atoms in total. The molecular weight excluding hydrogens is 280 g/mol. The third kappa shape index (κ3) is 1.25. The van der Waals surface area contributed by atoms with Gasteiger partial charge in [-0.15, -0.1) is 23.4 Å². The highest BCUT2D eigenvalue weighted by Gasteiger charge is 2.71. The average molecular weight is 290 g/mol. The van der Waals surface area contributed by atoms with Crippen LogP contribution in [0.25, 0.3) is 0 Å². The minimum atomic E-state index is -1.59. The quantitative estimate of drug-likeness (QED) is 0.263. The van der Waals surface area contributed by atoms with Crippen LogP contribution in [0.15, 0.2) is 0 Å². The van der Waals surface area contributed by atoms with E-state index in [0.29, 0.717) is 5.75 Å². The van der Waals surface area contributed by atoms with Gasteiger partial charge in [-0.05, 0) is 0 Å². The minimum Gasteiger partial charge on any atom is -0.539 e. The summed E-state index contributed by atoms with van der Waals surface area (Å²) in [5.41, 5.74) is -1.59. The normalized spacial score (nSPS) is 41.6. The summed E-state index contributed by atoms with van der Waals surface area (Å²) in [6.45, 7) is 0. The largest absolute Gasteiger partial charge is 0.539 e. The fraction of sp³-hybridized carbons (Fsp3) is 0.667. The Morgan fingerprint density at radius 3 is 3.00 bits per heavy atom. The summed E-state index contributed by atoms with van der Waals surface area (Å²) in [6.07, 6.45) is 0.117. The van der Waals surface area contributed by atoms with Crippen LogP contribution in [0.1, 0.15) is 6.42 Å². The van der Waals surface area contributed by atoms with E-state index in [9.17, 15) is 14.4 Å². The molecule has 0 aromatic rings. The van der Waals surface area contributed by atoms with Crippen molar-refractivity contribution >= 4 is 49.3 Å². The second-order valence-electron chi connectivity index (χ2n) is 4.40. The van der Waals surface area contributed by atoms with Gasteiger partial charge < -0.3 is 9.39 Å². The predicted molar refractivity (Wildman–Crippen MR) is 64.3 cm³/mol. The van der Waals surface area contributed by atoms with Gasteiger partial charge in [0.1, 0.15) is 10.8 Å². The lowest BCUT2D eigenvalue weighted by atomic mass is 9.91. The SMILES string of the molecule is BOC(=O)[C@]12OC(=O)C[C@H]1CS[C@@H]1[C@H](Cl)C(=O)N12. The van der Waals surface area contributed by atoms with Gasteiger partial charge in [-0.3, -0.25) is 14.5 Å². The van der Waals surface area contributed by atoms with E-state index in [4.69, 9.17) is 21.0 Å². The molecule has 0 radical (unpaired) electrons. The summed E-state index contributed by atoms with van der Waals surface area (Å²) in [5.74, 6) is -1.41. The lowest BCUT2D eigenvalue weighted by molar-refractivity contribution is -0.210.